The molecule has 1 aliphatic rings. The van der Waals surface area contributed by atoms with Crippen molar-refractivity contribution in [2.45, 2.75) is 25.9 Å². The highest BCUT2D eigenvalue weighted by molar-refractivity contribution is 5.19. The first-order valence-corrected chi connectivity index (χ1v) is 5.00. The zero-order valence-corrected chi connectivity index (χ0v) is 8.95. The van der Waals surface area contributed by atoms with Crippen molar-refractivity contribution in [3.63, 3.8) is 0 Å². The summed E-state index contributed by atoms with van der Waals surface area (Å²) in [5.74, 6) is 0. The van der Waals surface area contributed by atoms with Gasteiger partial charge in [0.15, 0.2) is 0 Å². The van der Waals surface area contributed by atoms with Crippen molar-refractivity contribution in [2.75, 3.05) is 13.2 Å². The molecule has 1 saturated heterocycles. The molecule has 1 atom stereocenters. The van der Waals surface area contributed by atoms with Crippen LogP contribution in [-0.2, 0) is 11.8 Å². The van der Waals surface area contributed by atoms with Crippen LogP contribution in [0.15, 0.2) is 6.20 Å². The molecule has 0 aromatic carbocycles. The van der Waals surface area contributed by atoms with E-state index in [0.717, 1.165) is 18.9 Å². The van der Waals surface area contributed by atoms with Crippen molar-refractivity contribution in [3.8, 4) is 0 Å². The Morgan fingerprint density at radius 1 is 1.64 bits per heavy atom. The number of hydrogen-bond acceptors (Lipinski definition) is 3. The van der Waals surface area contributed by atoms with Gasteiger partial charge in [-0.1, -0.05) is 0 Å². The Balaban J connectivity index is 2.02. The van der Waals surface area contributed by atoms with E-state index in [4.69, 9.17) is 4.74 Å². The fourth-order valence-electron chi connectivity index (χ4n) is 1.82. The Morgan fingerprint density at radius 3 is 2.79 bits per heavy atom. The average Bonchev–Trinajstić information content (AvgIpc) is 2.37. The molecule has 4 nitrogen and oxygen atoms in total. The smallest absolute Gasteiger partial charge is 0.0643 e. The van der Waals surface area contributed by atoms with E-state index < -0.39 is 0 Å². The van der Waals surface area contributed by atoms with Gasteiger partial charge in [0.25, 0.3) is 0 Å². The van der Waals surface area contributed by atoms with Crippen LogP contribution in [0.3, 0.4) is 0 Å². The summed E-state index contributed by atoms with van der Waals surface area (Å²) in [7, 11) is 1.95. The molecule has 78 valence electrons. The third-order valence-corrected chi connectivity index (χ3v) is 2.64. The zero-order valence-electron chi connectivity index (χ0n) is 8.95. The fourth-order valence-corrected chi connectivity index (χ4v) is 1.82. The number of rotatable bonds is 3. The highest BCUT2D eigenvalue weighted by atomic mass is 16.5. The standard InChI is InChI=1S/C10H17N3O/c1-7(11-9-5-14-6-9)10-4-13(3)12-8(10)2/h4,7,9,11H,5-6H2,1-3H3. The van der Waals surface area contributed by atoms with Gasteiger partial charge in [-0.25, -0.2) is 0 Å². The molecule has 1 fully saturated rings. The Hall–Kier alpha value is -0.870. The quantitative estimate of drug-likeness (QED) is 0.774. The number of ether oxygens (including phenoxy) is 1. The number of hydrogen-bond donors (Lipinski definition) is 1. The average molecular weight is 195 g/mol. The van der Waals surface area contributed by atoms with E-state index in [1.165, 1.54) is 5.56 Å². The minimum absolute atomic E-state index is 0.359. The largest absolute Gasteiger partial charge is 0.378 e. The van der Waals surface area contributed by atoms with Crippen molar-refractivity contribution in [1.82, 2.24) is 15.1 Å². The summed E-state index contributed by atoms with van der Waals surface area (Å²) in [6.45, 7) is 5.89. The minimum atomic E-state index is 0.359. The summed E-state index contributed by atoms with van der Waals surface area (Å²) in [5, 5.41) is 7.84. The molecular formula is C10H17N3O. The lowest BCUT2D eigenvalue weighted by Gasteiger charge is -2.30. The Kier molecular flexibility index (Phi) is 2.56. The van der Waals surface area contributed by atoms with Gasteiger partial charge in [-0.3, -0.25) is 4.68 Å². The van der Waals surface area contributed by atoms with Crippen LogP contribution in [0, 0.1) is 6.92 Å². The van der Waals surface area contributed by atoms with E-state index in [0.29, 0.717) is 12.1 Å². The summed E-state index contributed by atoms with van der Waals surface area (Å²) >= 11 is 0. The molecule has 0 radical (unpaired) electrons. The van der Waals surface area contributed by atoms with Crippen LogP contribution in [-0.4, -0.2) is 29.0 Å². The summed E-state index contributed by atoms with van der Waals surface area (Å²) < 4.78 is 6.98. The summed E-state index contributed by atoms with van der Waals surface area (Å²) in [6.07, 6.45) is 2.08. The normalized spacial score (nSPS) is 19.4. The SMILES string of the molecule is Cc1nn(C)cc1C(C)NC1COC1. The first kappa shape index (κ1) is 9.68. The van der Waals surface area contributed by atoms with E-state index in [9.17, 15) is 0 Å². The van der Waals surface area contributed by atoms with Crippen LogP contribution >= 0.6 is 0 Å². The first-order chi connectivity index (χ1) is 6.66. The molecular weight excluding hydrogens is 178 g/mol. The molecule has 1 aromatic rings. The van der Waals surface area contributed by atoms with E-state index in [-0.39, 0.29) is 0 Å². The molecule has 0 spiro atoms. The maximum Gasteiger partial charge on any atom is 0.0643 e. The molecule has 4 heteroatoms. The molecule has 0 saturated carbocycles. The second-order valence-corrected chi connectivity index (χ2v) is 3.97. The van der Waals surface area contributed by atoms with Crippen LogP contribution in [0.4, 0.5) is 0 Å². The summed E-state index contributed by atoms with van der Waals surface area (Å²) in [5.41, 5.74) is 2.38. The van der Waals surface area contributed by atoms with Gasteiger partial charge in [0.05, 0.1) is 24.9 Å². The van der Waals surface area contributed by atoms with Gasteiger partial charge in [-0.2, -0.15) is 5.10 Å². The molecule has 1 N–H and O–H groups in total. The number of nitrogens with one attached hydrogen (secondary N) is 1. The van der Waals surface area contributed by atoms with Crippen LogP contribution in [0.1, 0.15) is 24.2 Å². The monoisotopic (exact) mass is 195 g/mol. The van der Waals surface area contributed by atoms with E-state index in [2.05, 4.69) is 23.5 Å². The number of aryl methyl sites for hydroxylation is 2. The maximum atomic E-state index is 5.12. The molecule has 0 amide bonds. The molecule has 1 aliphatic heterocycles. The molecule has 0 bridgehead atoms. The Labute approximate surface area is 84.3 Å². The van der Waals surface area contributed by atoms with Crippen molar-refractivity contribution in [1.29, 1.82) is 0 Å². The van der Waals surface area contributed by atoms with Gasteiger partial charge in [-0.15, -0.1) is 0 Å². The molecule has 1 aromatic heterocycles. The molecule has 14 heavy (non-hydrogen) atoms. The van der Waals surface area contributed by atoms with Crippen molar-refractivity contribution in [2.24, 2.45) is 7.05 Å². The Morgan fingerprint density at radius 2 is 2.36 bits per heavy atom. The van der Waals surface area contributed by atoms with Gasteiger partial charge in [0, 0.05) is 24.8 Å². The predicted octanol–water partition coefficient (Wildman–Crippen LogP) is 0.778. The third kappa shape index (κ3) is 1.81. The van der Waals surface area contributed by atoms with Crippen LogP contribution < -0.4 is 5.32 Å². The lowest BCUT2D eigenvalue weighted by molar-refractivity contribution is -0.00928. The van der Waals surface area contributed by atoms with E-state index >= 15 is 0 Å². The minimum Gasteiger partial charge on any atom is -0.378 e. The van der Waals surface area contributed by atoms with Gasteiger partial charge in [0.2, 0.25) is 0 Å². The van der Waals surface area contributed by atoms with Crippen molar-refractivity contribution in [3.05, 3.63) is 17.5 Å². The molecule has 2 heterocycles. The van der Waals surface area contributed by atoms with Gasteiger partial charge >= 0.3 is 0 Å². The van der Waals surface area contributed by atoms with Crippen molar-refractivity contribution >= 4 is 0 Å². The van der Waals surface area contributed by atoms with E-state index in [1.54, 1.807) is 0 Å². The third-order valence-electron chi connectivity index (χ3n) is 2.64. The lowest BCUT2D eigenvalue weighted by Crippen LogP contribution is -2.46. The van der Waals surface area contributed by atoms with E-state index in [1.807, 2.05) is 18.7 Å². The van der Waals surface area contributed by atoms with Gasteiger partial charge in [0.1, 0.15) is 0 Å². The zero-order chi connectivity index (χ0) is 10.1. The second-order valence-electron chi connectivity index (χ2n) is 3.97. The summed E-state index contributed by atoms with van der Waals surface area (Å²) in [4.78, 5) is 0. The highest BCUT2D eigenvalue weighted by Gasteiger charge is 2.21. The summed E-state index contributed by atoms with van der Waals surface area (Å²) in [6, 6.07) is 0.877. The van der Waals surface area contributed by atoms with Crippen LogP contribution in [0.25, 0.3) is 0 Å². The topological polar surface area (TPSA) is 39.1 Å². The lowest BCUT2D eigenvalue weighted by atomic mass is 10.1. The fraction of sp³-hybridized carbons (Fsp3) is 0.700. The molecule has 2 rings (SSSR count). The first-order valence-electron chi connectivity index (χ1n) is 5.00. The highest BCUT2D eigenvalue weighted by Crippen LogP contribution is 2.17. The van der Waals surface area contributed by atoms with Crippen LogP contribution in [0.2, 0.25) is 0 Å². The molecule has 0 aliphatic carbocycles. The Bertz CT molecular complexity index is 317. The van der Waals surface area contributed by atoms with Gasteiger partial charge in [-0.05, 0) is 13.8 Å². The molecule has 1 unspecified atom stereocenters. The van der Waals surface area contributed by atoms with Crippen LogP contribution in [0.5, 0.6) is 0 Å². The number of aromatic nitrogens is 2. The second kappa shape index (κ2) is 3.71. The number of nitrogens with zero attached hydrogens (tertiary/aromatic N) is 2. The van der Waals surface area contributed by atoms with Crippen molar-refractivity contribution < 1.29 is 4.74 Å². The van der Waals surface area contributed by atoms with Gasteiger partial charge < -0.3 is 10.1 Å². The predicted molar refractivity (Wildman–Crippen MR) is 54.1 cm³/mol. The maximum absolute atomic E-state index is 5.12.